The van der Waals surface area contributed by atoms with Gasteiger partial charge >= 0.3 is 0 Å². The zero-order valence-corrected chi connectivity index (χ0v) is 9.95. The van der Waals surface area contributed by atoms with Crippen LogP contribution in [0.5, 0.6) is 0 Å². The number of rotatable bonds is 1. The molecule has 0 radical (unpaired) electrons. The van der Waals surface area contributed by atoms with E-state index < -0.39 is 0 Å². The molecule has 2 unspecified atom stereocenters. The van der Waals surface area contributed by atoms with E-state index in [1.165, 1.54) is 6.42 Å². The Labute approximate surface area is 100 Å². The van der Waals surface area contributed by atoms with Gasteiger partial charge in [-0.1, -0.05) is 12.1 Å². The fourth-order valence-corrected chi connectivity index (χ4v) is 3.14. The molecule has 1 aromatic rings. The third-order valence-corrected chi connectivity index (χ3v) is 4.09. The third kappa shape index (κ3) is 1.65. The summed E-state index contributed by atoms with van der Waals surface area (Å²) in [5.41, 5.74) is 0.776. The summed E-state index contributed by atoms with van der Waals surface area (Å²) in [5, 5.41) is 0. The Morgan fingerprint density at radius 3 is 2.88 bits per heavy atom. The van der Waals surface area contributed by atoms with Crippen molar-refractivity contribution in [3.63, 3.8) is 0 Å². The molecule has 2 atom stereocenters. The average molecular weight is 233 g/mol. The standard InChI is InChI=1S/C14H16FNO/c1-9-3-2-4-12(13(9)15)14(17)16-8-10-5-6-11(16)7-10/h2-4,10-11H,5-8H2,1H3. The molecular formula is C14H16FNO. The number of amides is 1. The minimum absolute atomic E-state index is 0.126. The summed E-state index contributed by atoms with van der Waals surface area (Å²) in [4.78, 5) is 14.2. The number of carbonyl (C=O) groups is 1. The number of aryl methyl sites for hydroxylation is 1. The molecule has 0 N–H and O–H groups in total. The molecule has 0 spiro atoms. The zero-order valence-electron chi connectivity index (χ0n) is 9.95. The number of likely N-dealkylation sites (tertiary alicyclic amines) is 1. The Balaban J connectivity index is 1.89. The summed E-state index contributed by atoms with van der Waals surface area (Å²) in [6.07, 6.45) is 3.42. The van der Waals surface area contributed by atoms with Crippen LogP contribution in [0.2, 0.25) is 0 Å². The zero-order chi connectivity index (χ0) is 12.0. The highest BCUT2D eigenvalue weighted by molar-refractivity contribution is 5.95. The summed E-state index contributed by atoms with van der Waals surface area (Å²) in [5.74, 6) is 0.162. The fraction of sp³-hybridized carbons (Fsp3) is 0.500. The molecule has 2 aliphatic rings. The second-order valence-electron chi connectivity index (χ2n) is 5.23. The van der Waals surface area contributed by atoms with Crippen LogP contribution >= 0.6 is 0 Å². The number of hydrogen-bond donors (Lipinski definition) is 0. The monoisotopic (exact) mass is 233 g/mol. The molecule has 2 bridgehead atoms. The first kappa shape index (κ1) is 10.8. The Morgan fingerprint density at radius 1 is 1.41 bits per heavy atom. The second-order valence-corrected chi connectivity index (χ2v) is 5.23. The Bertz CT molecular complexity index is 471. The molecular weight excluding hydrogens is 217 g/mol. The van der Waals surface area contributed by atoms with Gasteiger partial charge in [-0.05, 0) is 43.7 Å². The van der Waals surface area contributed by atoms with Gasteiger partial charge in [0.2, 0.25) is 0 Å². The average Bonchev–Trinajstić information content (AvgIpc) is 2.94. The number of halogens is 1. The molecule has 1 saturated heterocycles. The molecule has 2 nitrogen and oxygen atoms in total. The van der Waals surface area contributed by atoms with Gasteiger partial charge in [-0.25, -0.2) is 4.39 Å². The van der Waals surface area contributed by atoms with Crippen molar-refractivity contribution in [3.05, 3.63) is 35.1 Å². The van der Waals surface area contributed by atoms with Crippen LogP contribution in [-0.4, -0.2) is 23.4 Å². The first-order valence-corrected chi connectivity index (χ1v) is 6.23. The van der Waals surface area contributed by atoms with E-state index in [1.54, 1.807) is 25.1 Å². The molecule has 1 aromatic carbocycles. The van der Waals surface area contributed by atoms with Crippen molar-refractivity contribution >= 4 is 5.91 Å². The molecule has 90 valence electrons. The van der Waals surface area contributed by atoms with Gasteiger partial charge < -0.3 is 4.90 Å². The van der Waals surface area contributed by atoms with Crippen molar-refractivity contribution in [1.29, 1.82) is 0 Å². The molecule has 1 heterocycles. The number of piperidine rings is 1. The van der Waals surface area contributed by atoms with Gasteiger partial charge in [-0.3, -0.25) is 4.79 Å². The number of carbonyl (C=O) groups excluding carboxylic acids is 1. The first-order valence-electron chi connectivity index (χ1n) is 6.23. The lowest BCUT2D eigenvalue weighted by Gasteiger charge is -2.27. The maximum absolute atomic E-state index is 13.9. The van der Waals surface area contributed by atoms with Crippen LogP contribution < -0.4 is 0 Å². The van der Waals surface area contributed by atoms with Gasteiger partial charge in [0.05, 0.1) is 5.56 Å². The molecule has 3 heteroatoms. The Hall–Kier alpha value is -1.38. The Kier molecular flexibility index (Phi) is 2.42. The smallest absolute Gasteiger partial charge is 0.257 e. The molecule has 0 aromatic heterocycles. The van der Waals surface area contributed by atoms with Gasteiger partial charge in [0.25, 0.3) is 5.91 Å². The fourth-order valence-electron chi connectivity index (χ4n) is 3.14. The van der Waals surface area contributed by atoms with Crippen molar-refractivity contribution in [1.82, 2.24) is 4.90 Å². The number of fused-ring (bicyclic) bond motifs is 2. The highest BCUT2D eigenvalue weighted by Crippen LogP contribution is 2.38. The van der Waals surface area contributed by atoms with Crippen molar-refractivity contribution in [3.8, 4) is 0 Å². The van der Waals surface area contributed by atoms with Gasteiger partial charge in [-0.15, -0.1) is 0 Å². The number of hydrogen-bond acceptors (Lipinski definition) is 1. The van der Waals surface area contributed by atoms with E-state index in [9.17, 15) is 9.18 Å². The third-order valence-electron chi connectivity index (χ3n) is 4.09. The number of nitrogens with zero attached hydrogens (tertiary/aromatic N) is 1. The molecule has 1 amide bonds. The summed E-state index contributed by atoms with van der Waals surface area (Å²) in [7, 11) is 0. The predicted octanol–water partition coefficient (Wildman–Crippen LogP) is 2.76. The van der Waals surface area contributed by atoms with E-state index in [0.717, 1.165) is 19.4 Å². The topological polar surface area (TPSA) is 20.3 Å². The second kappa shape index (κ2) is 3.83. The highest BCUT2D eigenvalue weighted by Gasteiger charge is 2.40. The summed E-state index contributed by atoms with van der Waals surface area (Å²) in [6.45, 7) is 2.51. The molecule has 2 fully saturated rings. The van der Waals surface area contributed by atoms with Crippen molar-refractivity contribution in [2.24, 2.45) is 5.92 Å². The van der Waals surface area contributed by atoms with Crippen LogP contribution in [0.1, 0.15) is 35.2 Å². The minimum atomic E-state index is -0.361. The van der Waals surface area contributed by atoms with Gasteiger partial charge in [0.1, 0.15) is 5.82 Å². The SMILES string of the molecule is Cc1cccc(C(=O)N2CC3CCC2C3)c1F. The lowest BCUT2D eigenvalue weighted by molar-refractivity contribution is 0.0698. The van der Waals surface area contributed by atoms with Crippen LogP contribution in [0.3, 0.4) is 0 Å². The first-order chi connectivity index (χ1) is 8.16. The van der Waals surface area contributed by atoms with E-state index in [-0.39, 0.29) is 17.3 Å². The van der Waals surface area contributed by atoms with Gasteiger partial charge in [0.15, 0.2) is 0 Å². The van der Waals surface area contributed by atoms with Crippen LogP contribution in [0.15, 0.2) is 18.2 Å². The van der Waals surface area contributed by atoms with E-state index in [4.69, 9.17) is 0 Å². The van der Waals surface area contributed by atoms with E-state index in [1.807, 2.05) is 4.90 Å². The molecule has 3 rings (SSSR count). The maximum atomic E-state index is 13.9. The molecule has 17 heavy (non-hydrogen) atoms. The summed E-state index contributed by atoms with van der Waals surface area (Å²) < 4.78 is 13.9. The van der Waals surface area contributed by atoms with Crippen molar-refractivity contribution in [2.75, 3.05) is 6.54 Å². The van der Waals surface area contributed by atoms with Crippen LogP contribution in [0.4, 0.5) is 4.39 Å². The normalized spacial score (nSPS) is 26.6. The largest absolute Gasteiger partial charge is 0.335 e. The van der Waals surface area contributed by atoms with Gasteiger partial charge in [-0.2, -0.15) is 0 Å². The lowest BCUT2D eigenvalue weighted by Crippen LogP contribution is -2.38. The summed E-state index contributed by atoms with van der Waals surface area (Å²) in [6, 6.07) is 5.39. The van der Waals surface area contributed by atoms with Crippen LogP contribution in [-0.2, 0) is 0 Å². The molecule has 1 aliphatic carbocycles. The van der Waals surface area contributed by atoms with E-state index in [0.29, 0.717) is 17.5 Å². The molecule has 1 saturated carbocycles. The minimum Gasteiger partial charge on any atom is -0.335 e. The maximum Gasteiger partial charge on any atom is 0.257 e. The molecule has 1 aliphatic heterocycles. The summed E-state index contributed by atoms with van der Waals surface area (Å²) >= 11 is 0. The predicted molar refractivity (Wildman–Crippen MR) is 63.3 cm³/mol. The van der Waals surface area contributed by atoms with E-state index >= 15 is 0 Å². The van der Waals surface area contributed by atoms with Crippen LogP contribution in [0, 0.1) is 18.7 Å². The number of benzene rings is 1. The highest BCUT2D eigenvalue weighted by atomic mass is 19.1. The van der Waals surface area contributed by atoms with Crippen LogP contribution in [0.25, 0.3) is 0 Å². The quantitative estimate of drug-likeness (QED) is 0.730. The Morgan fingerprint density at radius 2 is 2.24 bits per heavy atom. The lowest BCUT2D eigenvalue weighted by atomic mass is 10.1. The van der Waals surface area contributed by atoms with Crippen molar-refractivity contribution < 1.29 is 9.18 Å². The van der Waals surface area contributed by atoms with E-state index in [2.05, 4.69) is 0 Å². The van der Waals surface area contributed by atoms with Crippen molar-refractivity contribution in [2.45, 2.75) is 32.2 Å². The van der Waals surface area contributed by atoms with Gasteiger partial charge in [0, 0.05) is 12.6 Å².